The average Bonchev–Trinajstić information content (AvgIpc) is 2.70. The Bertz CT molecular complexity index is 718. The van der Waals surface area contributed by atoms with Crippen molar-refractivity contribution in [3.8, 4) is 0 Å². The van der Waals surface area contributed by atoms with Crippen molar-refractivity contribution in [1.82, 2.24) is 10.6 Å². The van der Waals surface area contributed by atoms with E-state index in [0.717, 1.165) is 37.8 Å². The average molecular weight is 456 g/mol. The van der Waals surface area contributed by atoms with Crippen LogP contribution in [0.3, 0.4) is 0 Å². The van der Waals surface area contributed by atoms with Crippen LogP contribution in [-0.2, 0) is 10.8 Å². The van der Waals surface area contributed by atoms with Crippen LogP contribution in [0.5, 0.6) is 0 Å². The smallest absolute Gasteiger partial charge is 0.252 e. The number of benzene rings is 1. The molecule has 0 aromatic heterocycles. The molecule has 0 saturated heterocycles. The van der Waals surface area contributed by atoms with Crippen LogP contribution in [0.2, 0.25) is 5.02 Å². The summed E-state index contributed by atoms with van der Waals surface area (Å²) in [5.41, 5.74) is 1.71. The van der Waals surface area contributed by atoms with E-state index in [0.29, 0.717) is 21.8 Å². The van der Waals surface area contributed by atoms with Crippen LogP contribution in [0.25, 0.3) is 0 Å². The summed E-state index contributed by atoms with van der Waals surface area (Å²) < 4.78 is 11.0. The van der Waals surface area contributed by atoms with Gasteiger partial charge in [-0.3, -0.25) is 9.00 Å². The molecule has 2 saturated carbocycles. The lowest BCUT2D eigenvalue weighted by Crippen LogP contribution is -2.43. The second kappa shape index (κ2) is 12.1. The third-order valence-corrected chi connectivity index (χ3v) is 7.50. The number of rotatable bonds is 10. The summed E-state index contributed by atoms with van der Waals surface area (Å²) in [6, 6.07) is 5.51. The number of carbonyl (C=O) groups excluding carboxylic acids is 1. The van der Waals surface area contributed by atoms with Crippen LogP contribution in [-0.4, -0.2) is 48.3 Å². The van der Waals surface area contributed by atoms with Gasteiger partial charge in [0, 0.05) is 54.7 Å². The number of hydrogen-bond acceptors (Lipinski definition) is 4. The number of halogens is 1. The summed E-state index contributed by atoms with van der Waals surface area (Å²) in [5, 5.41) is 10.2. The van der Waals surface area contributed by atoms with Crippen LogP contribution in [0, 0.1) is 11.3 Å². The van der Waals surface area contributed by atoms with Crippen molar-refractivity contribution in [1.29, 1.82) is 0 Å². The Labute approximate surface area is 189 Å². The Morgan fingerprint density at radius 3 is 2.63 bits per heavy atom. The van der Waals surface area contributed by atoms with Gasteiger partial charge in [0.1, 0.15) is 0 Å². The van der Waals surface area contributed by atoms with E-state index in [1.54, 1.807) is 12.3 Å². The fourth-order valence-electron chi connectivity index (χ4n) is 4.88. The molecule has 0 radical (unpaired) electrons. The Hall–Kier alpha value is -1.11. The van der Waals surface area contributed by atoms with Gasteiger partial charge in [0.15, 0.2) is 0 Å². The highest BCUT2D eigenvalue weighted by molar-refractivity contribution is 7.84. The first kappa shape index (κ1) is 25.2. The molecule has 2 bridgehead atoms. The molecule has 1 amide bonds. The number of nitrogens with one attached hydrogen (secondary N) is 3. The van der Waals surface area contributed by atoms with Gasteiger partial charge in [-0.25, -0.2) is 0 Å². The fraction of sp³-hybridized carbons (Fsp3) is 0.696. The number of fused-ring (bicyclic) bond motifs is 2. The molecule has 30 heavy (non-hydrogen) atoms. The van der Waals surface area contributed by atoms with Crippen LogP contribution in [0.1, 0.15) is 62.7 Å². The predicted octanol–water partition coefficient (Wildman–Crippen LogP) is 4.45. The Morgan fingerprint density at radius 1 is 1.20 bits per heavy atom. The molecule has 3 rings (SSSR count). The van der Waals surface area contributed by atoms with Gasteiger partial charge >= 0.3 is 0 Å². The van der Waals surface area contributed by atoms with Gasteiger partial charge in [-0.05, 0) is 48.8 Å². The lowest BCUT2D eigenvalue weighted by molar-refractivity contribution is 0.0682. The maximum Gasteiger partial charge on any atom is 0.252 e. The standard InChI is InChI=1S/C22H34ClN3O2S.CH4/c1-29(28)13-12-24-10-11-25-18-6-7-20(23)19(14-18)21(27)26-16-22-8-2-4-17(15-22)5-3-9-22;/h6-7,14,17,24-25H,2-5,8-13,15-16H2,1H3,(H,26,27);1H4. The molecule has 2 aliphatic rings. The molecule has 2 fully saturated rings. The quantitative estimate of drug-likeness (QED) is 0.456. The molecular weight excluding hydrogens is 418 g/mol. The molecule has 3 N–H and O–H groups in total. The highest BCUT2D eigenvalue weighted by atomic mass is 35.5. The minimum absolute atomic E-state index is 0. The summed E-state index contributed by atoms with van der Waals surface area (Å²) in [6.45, 7) is 3.00. The van der Waals surface area contributed by atoms with Crippen molar-refractivity contribution in [2.75, 3.05) is 43.5 Å². The largest absolute Gasteiger partial charge is 0.384 e. The van der Waals surface area contributed by atoms with Gasteiger partial charge in [0.25, 0.3) is 5.91 Å². The first-order valence-corrected chi connectivity index (χ1v) is 12.9. The van der Waals surface area contributed by atoms with Crippen molar-refractivity contribution < 1.29 is 9.00 Å². The molecule has 0 heterocycles. The maximum atomic E-state index is 12.8. The van der Waals surface area contributed by atoms with Crippen LogP contribution in [0.4, 0.5) is 5.69 Å². The van der Waals surface area contributed by atoms with E-state index >= 15 is 0 Å². The van der Waals surface area contributed by atoms with Gasteiger partial charge in [-0.1, -0.05) is 44.7 Å². The number of carbonyl (C=O) groups is 1. The normalized spacial score (nSPS) is 23.9. The molecule has 0 aliphatic heterocycles. The first-order valence-electron chi connectivity index (χ1n) is 10.8. The van der Waals surface area contributed by atoms with Crippen molar-refractivity contribution in [2.45, 2.75) is 52.4 Å². The second-order valence-corrected chi connectivity index (χ2v) is 10.6. The lowest BCUT2D eigenvalue weighted by Gasteiger charge is -2.45. The van der Waals surface area contributed by atoms with E-state index in [4.69, 9.17) is 11.6 Å². The SMILES string of the molecule is C.CS(=O)CCNCCNc1ccc(Cl)c(C(=O)NCC23CCCC(CCC2)C3)c1. The van der Waals surface area contributed by atoms with Crippen molar-refractivity contribution in [2.24, 2.45) is 11.3 Å². The van der Waals surface area contributed by atoms with E-state index in [-0.39, 0.29) is 13.3 Å². The third kappa shape index (κ3) is 7.24. The zero-order chi connectivity index (χ0) is 20.7. The van der Waals surface area contributed by atoms with E-state index in [1.807, 2.05) is 12.1 Å². The Balaban J connectivity index is 0.00000320. The van der Waals surface area contributed by atoms with Crippen LogP contribution in [0.15, 0.2) is 18.2 Å². The fourth-order valence-corrected chi connectivity index (χ4v) is 5.51. The summed E-state index contributed by atoms with van der Waals surface area (Å²) in [6.07, 6.45) is 10.8. The summed E-state index contributed by atoms with van der Waals surface area (Å²) in [5.74, 6) is 1.44. The van der Waals surface area contributed by atoms with Crippen LogP contribution < -0.4 is 16.0 Å². The van der Waals surface area contributed by atoms with Crippen molar-refractivity contribution in [3.63, 3.8) is 0 Å². The molecule has 1 unspecified atom stereocenters. The lowest BCUT2D eigenvalue weighted by atomic mass is 9.62. The monoisotopic (exact) mass is 455 g/mol. The first-order chi connectivity index (χ1) is 14.0. The van der Waals surface area contributed by atoms with Gasteiger partial charge in [0.2, 0.25) is 0 Å². The zero-order valence-electron chi connectivity index (χ0n) is 17.4. The van der Waals surface area contributed by atoms with Gasteiger partial charge < -0.3 is 16.0 Å². The van der Waals surface area contributed by atoms with E-state index in [1.165, 1.54) is 44.9 Å². The number of anilines is 1. The zero-order valence-corrected chi connectivity index (χ0v) is 19.0. The van der Waals surface area contributed by atoms with Gasteiger partial charge in [-0.2, -0.15) is 0 Å². The molecule has 170 valence electrons. The molecule has 0 spiro atoms. The molecular formula is C23H38ClN3O2S. The van der Waals surface area contributed by atoms with Crippen molar-refractivity contribution >= 4 is 34.0 Å². The van der Waals surface area contributed by atoms with Gasteiger partial charge in [-0.15, -0.1) is 0 Å². The highest BCUT2D eigenvalue weighted by Gasteiger charge is 2.39. The van der Waals surface area contributed by atoms with E-state index in [9.17, 15) is 9.00 Å². The van der Waals surface area contributed by atoms with E-state index in [2.05, 4.69) is 16.0 Å². The van der Waals surface area contributed by atoms with E-state index < -0.39 is 10.8 Å². The minimum atomic E-state index is -0.767. The predicted molar refractivity (Wildman–Crippen MR) is 129 cm³/mol. The number of hydrogen-bond donors (Lipinski definition) is 3. The number of amides is 1. The summed E-state index contributed by atoms with van der Waals surface area (Å²) >= 11 is 6.32. The minimum Gasteiger partial charge on any atom is -0.384 e. The van der Waals surface area contributed by atoms with Crippen LogP contribution >= 0.6 is 11.6 Å². The molecule has 7 heteroatoms. The molecule has 5 nitrogen and oxygen atoms in total. The highest BCUT2D eigenvalue weighted by Crippen LogP contribution is 2.48. The molecule has 1 atom stereocenters. The summed E-state index contributed by atoms with van der Waals surface area (Å²) in [4.78, 5) is 12.8. The topological polar surface area (TPSA) is 70.2 Å². The molecule has 2 aliphatic carbocycles. The summed E-state index contributed by atoms with van der Waals surface area (Å²) in [7, 11) is -0.767. The second-order valence-electron chi connectivity index (χ2n) is 8.69. The third-order valence-electron chi connectivity index (χ3n) is 6.39. The molecule has 1 aromatic rings. The maximum absolute atomic E-state index is 12.8. The molecule has 1 aromatic carbocycles. The Morgan fingerprint density at radius 2 is 1.93 bits per heavy atom. The Kier molecular flexibility index (Phi) is 10.1. The van der Waals surface area contributed by atoms with Crippen molar-refractivity contribution in [3.05, 3.63) is 28.8 Å². The van der Waals surface area contributed by atoms with Gasteiger partial charge in [0.05, 0.1) is 10.6 Å².